The van der Waals surface area contributed by atoms with Crippen molar-refractivity contribution in [3.63, 3.8) is 0 Å². The van der Waals surface area contributed by atoms with Crippen molar-refractivity contribution in [3.8, 4) is 0 Å². The van der Waals surface area contributed by atoms with Crippen LogP contribution in [0.15, 0.2) is 42.6 Å². The van der Waals surface area contributed by atoms with Crippen molar-refractivity contribution in [1.29, 1.82) is 0 Å². The first-order valence-electron chi connectivity index (χ1n) is 8.92. The molecule has 140 valence electrons. The predicted octanol–water partition coefficient (Wildman–Crippen LogP) is 3.61. The van der Waals surface area contributed by atoms with Crippen molar-refractivity contribution in [2.75, 3.05) is 7.11 Å². The van der Waals surface area contributed by atoms with E-state index >= 15 is 0 Å². The molecule has 5 heteroatoms. The van der Waals surface area contributed by atoms with E-state index in [0.29, 0.717) is 12.0 Å². The van der Waals surface area contributed by atoms with E-state index in [1.54, 1.807) is 0 Å². The van der Waals surface area contributed by atoms with Gasteiger partial charge in [0, 0.05) is 29.1 Å². The second-order valence-corrected chi connectivity index (χ2v) is 6.89. The van der Waals surface area contributed by atoms with Gasteiger partial charge in [-0.25, -0.2) is 4.79 Å². The van der Waals surface area contributed by atoms with E-state index in [0.717, 1.165) is 33.2 Å². The maximum absolute atomic E-state index is 12.9. The molecule has 1 heterocycles. The van der Waals surface area contributed by atoms with Crippen molar-refractivity contribution < 1.29 is 14.3 Å². The minimum atomic E-state index is -0.762. The van der Waals surface area contributed by atoms with Gasteiger partial charge in [0.2, 0.25) is 0 Å². The van der Waals surface area contributed by atoms with Crippen LogP contribution in [0, 0.1) is 20.8 Å². The summed E-state index contributed by atoms with van der Waals surface area (Å²) in [5.41, 5.74) is 5.44. The Hall–Kier alpha value is -3.08. The molecule has 2 N–H and O–H groups in total. The Bertz CT molecular complexity index is 981. The number of para-hydroxylation sites is 1. The summed E-state index contributed by atoms with van der Waals surface area (Å²) >= 11 is 0. The summed E-state index contributed by atoms with van der Waals surface area (Å²) in [5.74, 6) is -0.726. The van der Waals surface area contributed by atoms with Crippen LogP contribution in [0.25, 0.3) is 10.9 Å². The predicted molar refractivity (Wildman–Crippen MR) is 106 cm³/mol. The molecule has 1 atom stereocenters. The second-order valence-electron chi connectivity index (χ2n) is 6.89. The number of aromatic amines is 1. The van der Waals surface area contributed by atoms with Gasteiger partial charge in [-0.3, -0.25) is 4.79 Å². The summed E-state index contributed by atoms with van der Waals surface area (Å²) in [6.45, 7) is 5.80. The van der Waals surface area contributed by atoms with E-state index in [9.17, 15) is 9.59 Å². The molecule has 2 aromatic carbocycles. The lowest BCUT2D eigenvalue weighted by molar-refractivity contribution is -0.142. The average Bonchev–Trinajstić information content (AvgIpc) is 3.02. The zero-order valence-electron chi connectivity index (χ0n) is 16.1. The highest BCUT2D eigenvalue weighted by atomic mass is 16.5. The minimum Gasteiger partial charge on any atom is -0.467 e. The normalized spacial score (nSPS) is 12.0. The van der Waals surface area contributed by atoms with Gasteiger partial charge < -0.3 is 15.0 Å². The highest BCUT2D eigenvalue weighted by molar-refractivity contribution is 5.99. The number of rotatable bonds is 5. The molecule has 0 unspecified atom stereocenters. The van der Waals surface area contributed by atoms with E-state index in [1.807, 2.05) is 63.4 Å². The number of hydrogen-bond donors (Lipinski definition) is 2. The minimum absolute atomic E-state index is 0.264. The van der Waals surface area contributed by atoms with Gasteiger partial charge >= 0.3 is 5.97 Å². The third kappa shape index (κ3) is 3.87. The topological polar surface area (TPSA) is 71.2 Å². The van der Waals surface area contributed by atoms with Crippen LogP contribution in [0.1, 0.15) is 32.6 Å². The molecule has 0 fully saturated rings. The van der Waals surface area contributed by atoms with E-state index < -0.39 is 12.0 Å². The SMILES string of the molecule is COC(=O)[C@H](Cc1c[nH]c2ccccc12)NC(=O)c1c(C)cc(C)cc1C. The average molecular weight is 364 g/mol. The number of aromatic nitrogens is 1. The first-order chi connectivity index (χ1) is 12.9. The van der Waals surface area contributed by atoms with E-state index in [4.69, 9.17) is 4.74 Å². The van der Waals surface area contributed by atoms with Crippen molar-refractivity contribution >= 4 is 22.8 Å². The molecule has 0 radical (unpaired) electrons. The van der Waals surface area contributed by atoms with E-state index in [-0.39, 0.29) is 5.91 Å². The highest BCUT2D eigenvalue weighted by Gasteiger charge is 2.25. The Morgan fingerprint density at radius 2 is 1.78 bits per heavy atom. The number of methoxy groups -OCH3 is 1. The highest BCUT2D eigenvalue weighted by Crippen LogP contribution is 2.20. The number of carbonyl (C=O) groups excluding carboxylic acids is 2. The molecule has 5 nitrogen and oxygen atoms in total. The van der Waals surface area contributed by atoms with Crippen molar-refractivity contribution in [2.45, 2.75) is 33.2 Å². The fraction of sp³-hybridized carbons (Fsp3) is 0.273. The summed E-state index contributed by atoms with van der Waals surface area (Å²) in [6.07, 6.45) is 2.22. The molecule has 0 spiro atoms. The van der Waals surface area contributed by atoms with Crippen LogP contribution in [0.2, 0.25) is 0 Å². The Morgan fingerprint density at radius 3 is 2.44 bits per heavy atom. The third-order valence-electron chi connectivity index (χ3n) is 4.79. The molecule has 0 bridgehead atoms. The molecule has 0 aliphatic carbocycles. The molecule has 0 saturated heterocycles. The zero-order chi connectivity index (χ0) is 19.6. The van der Waals surface area contributed by atoms with Gasteiger partial charge in [-0.2, -0.15) is 0 Å². The smallest absolute Gasteiger partial charge is 0.328 e. The summed E-state index contributed by atoms with van der Waals surface area (Å²) in [5, 5.41) is 3.89. The standard InChI is InChI=1S/C22H24N2O3/c1-13-9-14(2)20(15(3)10-13)21(25)24-19(22(26)27-4)11-16-12-23-18-8-6-5-7-17(16)18/h5-10,12,19,23H,11H2,1-4H3,(H,24,25)/t19-/m0/s1. The number of benzene rings is 2. The third-order valence-corrected chi connectivity index (χ3v) is 4.79. The Labute approximate surface area is 158 Å². The zero-order valence-corrected chi connectivity index (χ0v) is 16.1. The van der Waals surface area contributed by atoms with Crippen LogP contribution < -0.4 is 5.32 Å². The van der Waals surface area contributed by atoms with Crippen molar-refractivity contribution in [2.24, 2.45) is 0 Å². The number of carbonyl (C=O) groups is 2. The van der Waals surface area contributed by atoms with Crippen molar-refractivity contribution in [3.05, 3.63) is 70.4 Å². The van der Waals surface area contributed by atoms with Crippen LogP contribution in [-0.4, -0.2) is 30.0 Å². The van der Waals surface area contributed by atoms with Crippen LogP contribution in [0.5, 0.6) is 0 Å². The quantitative estimate of drug-likeness (QED) is 0.680. The van der Waals surface area contributed by atoms with E-state index in [1.165, 1.54) is 7.11 Å². The van der Waals surface area contributed by atoms with Gasteiger partial charge in [-0.15, -0.1) is 0 Å². The molecular weight excluding hydrogens is 340 g/mol. The first kappa shape index (κ1) is 18.7. The maximum Gasteiger partial charge on any atom is 0.328 e. The van der Waals surface area contributed by atoms with Crippen LogP contribution >= 0.6 is 0 Å². The molecule has 3 aromatic rings. The number of H-pyrrole nitrogens is 1. The summed E-state index contributed by atoms with van der Waals surface area (Å²) in [6, 6.07) is 11.0. The summed E-state index contributed by atoms with van der Waals surface area (Å²) in [4.78, 5) is 28.4. The summed E-state index contributed by atoms with van der Waals surface area (Å²) in [7, 11) is 1.33. The van der Waals surface area contributed by atoms with Crippen LogP contribution in [0.3, 0.4) is 0 Å². The molecular formula is C22H24N2O3. The fourth-order valence-electron chi connectivity index (χ4n) is 3.62. The second kappa shape index (κ2) is 7.66. The Morgan fingerprint density at radius 1 is 1.11 bits per heavy atom. The monoisotopic (exact) mass is 364 g/mol. The number of nitrogens with one attached hydrogen (secondary N) is 2. The van der Waals surface area contributed by atoms with Crippen molar-refractivity contribution in [1.82, 2.24) is 10.3 Å². The molecule has 0 aliphatic heterocycles. The van der Waals surface area contributed by atoms with Gasteiger partial charge in [0.25, 0.3) is 5.91 Å². The Kier molecular flexibility index (Phi) is 5.31. The number of fused-ring (bicyclic) bond motifs is 1. The van der Waals surface area contributed by atoms with Gasteiger partial charge in [-0.1, -0.05) is 35.9 Å². The largest absolute Gasteiger partial charge is 0.467 e. The van der Waals surface area contributed by atoms with Gasteiger partial charge in [0.05, 0.1) is 7.11 Å². The van der Waals surface area contributed by atoms with Gasteiger partial charge in [0.1, 0.15) is 6.04 Å². The van der Waals surface area contributed by atoms with Crippen LogP contribution in [-0.2, 0) is 16.0 Å². The molecule has 1 aromatic heterocycles. The first-order valence-corrected chi connectivity index (χ1v) is 8.92. The number of hydrogen-bond acceptors (Lipinski definition) is 3. The molecule has 1 amide bonds. The molecule has 0 aliphatic rings. The number of ether oxygens (including phenoxy) is 1. The lowest BCUT2D eigenvalue weighted by Gasteiger charge is -2.18. The maximum atomic E-state index is 12.9. The number of aryl methyl sites for hydroxylation is 3. The molecule has 0 saturated carbocycles. The number of esters is 1. The van der Waals surface area contributed by atoms with Gasteiger partial charge in [0.15, 0.2) is 0 Å². The lowest BCUT2D eigenvalue weighted by Crippen LogP contribution is -2.43. The fourth-order valence-corrected chi connectivity index (χ4v) is 3.62. The van der Waals surface area contributed by atoms with Gasteiger partial charge in [-0.05, 0) is 43.5 Å². The number of amides is 1. The molecule has 27 heavy (non-hydrogen) atoms. The lowest BCUT2D eigenvalue weighted by atomic mass is 9.98. The summed E-state index contributed by atoms with van der Waals surface area (Å²) < 4.78 is 4.93. The van der Waals surface area contributed by atoms with E-state index in [2.05, 4.69) is 10.3 Å². The van der Waals surface area contributed by atoms with Crippen LogP contribution in [0.4, 0.5) is 0 Å². The Balaban J connectivity index is 1.88. The molecule has 3 rings (SSSR count).